The van der Waals surface area contributed by atoms with Crippen molar-refractivity contribution in [2.24, 2.45) is 5.92 Å². The van der Waals surface area contributed by atoms with Crippen molar-refractivity contribution in [3.8, 4) is 0 Å². The molecule has 1 saturated heterocycles. The van der Waals surface area contributed by atoms with Gasteiger partial charge in [-0.05, 0) is 24.3 Å². The van der Waals surface area contributed by atoms with Gasteiger partial charge in [0, 0.05) is 18.5 Å². The molecule has 2 fully saturated rings. The van der Waals surface area contributed by atoms with Crippen LogP contribution in [0, 0.1) is 5.92 Å². The molecule has 1 saturated carbocycles. The van der Waals surface area contributed by atoms with Crippen LogP contribution in [-0.4, -0.2) is 12.6 Å². The summed E-state index contributed by atoms with van der Waals surface area (Å²) in [7, 11) is 0. The van der Waals surface area contributed by atoms with E-state index in [0.29, 0.717) is 0 Å². The third-order valence-corrected chi connectivity index (χ3v) is 4.16. The van der Waals surface area contributed by atoms with Crippen LogP contribution in [-0.2, 0) is 0 Å². The Bertz CT molecular complexity index is 319. The zero-order valence-electron chi connectivity index (χ0n) is 9.15. The Hall–Kier alpha value is -0.820. The van der Waals surface area contributed by atoms with Gasteiger partial charge in [-0.2, -0.15) is 0 Å². The van der Waals surface area contributed by atoms with Gasteiger partial charge in [0.05, 0.1) is 0 Å². The van der Waals surface area contributed by atoms with Gasteiger partial charge >= 0.3 is 0 Å². The first-order chi connectivity index (χ1) is 7.45. The smallest absolute Gasteiger partial charge is 0.0102 e. The van der Waals surface area contributed by atoms with E-state index in [1.807, 2.05) is 0 Å². The van der Waals surface area contributed by atoms with Crippen molar-refractivity contribution in [2.75, 3.05) is 6.54 Å². The molecule has 0 amide bonds. The Morgan fingerprint density at radius 2 is 1.80 bits per heavy atom. The fourth-order valence-electron chi connectivity index (χ4n) is 3.39. The van der Waals surface area contributed by atoms with Crippen molar-refractivity contribution in [1.82, 2.24) is 5.32 Å². The molecule has 0 spiro atoms. The maximum Gasteiger partial charge on any atom is 0.0102 e. The number of fused-ring (bicyclic) bond motifs is 1. The van der Waals surface area contributed by atoms with Crippen LogP contribution in [0.25, 0.3) is 0 Å². The summed E-state index contributed by atoms with van der Waals surface area (Å²) in [4.78, 5) is 0. The van der Waals surface area contributed by atoms with Gasteiger partial charge in [0.1, 0.15) is 0 Å². The molecule has 1 aromatic rings. The van der Waals surface area contributed by atoms with Crippen LogP contribution in [0.3, 0.4) is 0 Å². The normalized spacial score (nSPS) is 35.1. The molecule has 1 nitrogen and oxygen atoms in total. The van der Waals surface area contributed by atoms with Crippen molar-refractivity contribution in [2.45, 2.75) is 37.6 Å². The van der Waals surface area contributed by atoms with E-state index in [2.05, 4.69) is 35.6 Å². The first-order valence-corrected chi connectivity index (χ1v) is 6.23. The number of nitrogens with one attached hydrogen (secondary N) is 1. The average molecular weight is 201 g/mol. The summed E-state index contributed by atoms with van der Waals surface area (Å²) in [5, 5.41) is 3.71. The Labute approximate surface area is 91.9 Å². The number of rotatable bonds is 1. The van der Waals surface area contributed by atoms with Crippen LogP contribution in [0.2, 0.25) is 0 Å². The van der Waals surface area contributed by atoms with E-state index in [-0.39, 0.29) is 0 Å². The summed E-state index contributed by atoms with van der Waals surface area (Å²) in [5.41, 5.74) is 1.54. The van der Waals surface area contributed by atoms with Gasteiger partial charge in [0.25, 0.3) is 0 Å². The monoisotopic (exact) mass is 201 g/mol. The van der Waals surface area contributed by atoms with E-state index < -0.39 is 0 Å². The van der Waals surface area contributed by atoms with E-state index in [1.54, 1.807) is 5.56 Å². The van der Waals surface area contributed by atoms with Crippen molar-refractivity contribution < 1.29 is 0 Å². The lowest BCUT2D eigenvalue weighted by molar-refractivity contribution is 0.308. The van der Waals surface area contributed by atoms with Gasteiger partial charge < -0.3 is 5.32 Å². The largest absolute Gasteiger partial charge is 0.313 e. The quantitative estimate of drug-likeness (QED) is 0.736. The number of benzene rings is 1. The molecule has 1 N–H and O–H groups in total. The highest BCUT2D eigenvalue weighted by molar-refractivity contribution is 5.23. The lowest BCUT2D eigenvalue weighted by Crippen LogP contribution is -2.29. The first-order valence-electron chi connectivity index (χ1n) is 6.23. The van der Waals surface area contributed by atoms with Crippen molar-refractivity contribution >= 4 is 0 Å². The zero-order chi connectivity index (χ0) is 10.1. The van der Waals surface area contributed by atoms with Crippen LogP contribution < -0.4 is 5.32 Å². The SMILES string of the molecule is c1ccc(C2CNC3CCCCC32)cc1. The molecule has 15 heavy (non-hydrogen) atoms. The first kappa shape index (κ1) is 9.41. The molecule has 2 aliphatic rings. The minimum Gasteiger partial charge on any atom is -0.313 e. The molecule has 1 aliphatic carbocycles. The molecule has 3 atom stereocenters. The summed E-state index contributed by atoms with van der Waals surface area (Å²) in [5.74, 6) is 1.68. The maximum absolute atomic E-state index is 3.71. The van der Waals surface area contributed by atoms with E-state index in [4.69, 9.17) is 0 Å². The third-order valence-electron chi connectivity index (χ3n) is 4.16. The summed E-state index contributed by atoms with van der Waals surface area (Å²) < 4.78 is 0. The van der Waals surface area contributed by atoms with Gasteiger partial charge in [-0.1, -0.05) is 43.2 Å². The second kappa shape index (κ2) is 3.97. The molecule has 0 aromatic heterocycles. The van der Waals surface area contributed by atoms with Crippen LogP contribution in [0.15, 0.2) is 30.3 Å². The van der Waals surface area contributed by atoms with Gasteiger partial charge in [-0.15, -0.1) is 0 Å². The van der Waals surface area contributed by atoms with Gasteiger partial charge in [0.15, 0.2) is 0 Å². The van der Waals surface area contributed by atoms with E-state index in [9.17, 15) is 0 Å². The molecule has 0 radical (unpaired) electrons. The fourth-order valence-corrected chi connectivity index (χ4v) is 3.39. The zero-order valence-corrected chi connectivity index (χ0v) is 9.15. The molecule has 0 bridgehead atoms. The van der Waals surface area contributed by atoms with E-state index in [0.717, 1.165) is 17.9 Å². The average Bonchev–Trinajstić information content (AvgIpc) is 2.74. The molecular formula is C14H19N. The molecule has 1 heteroatoms. The highest BCUT2D eigenvalue weighted by Gasteiger charge is 2.37. The topological polar surface area (TPSA) is 12.0 Å². The Morgan fingerprint density at radius 3 is 2.67 bits per heavy atom. The molecule has 80 valence electrons. The number of hydrogen-bond acceptors (Lipinski definition) is 1. The summed E-state index contributed by atoms with van der Waals surface area (Å²) in [6.45, 7) is 1.19. The van der Waals surface area contributed by atoms with Gasteiger partial charge in [-0.25, -0.2) is 0 Å². The molecule has 3 unspecified atom stereocenters. The van der Waals surface area contributed by atoms with Gasteiger partial charge in [0.2, 0.25) is 0 Å². The van der Waals surface area contributed by atoms with Gasteiger partial charge in [-0.3, -0.25) is 0 Å². The van der Waals surface area contributed by atoms with Crippen LogP contribution in [0.5, 0.6) is 0 Å². The van der Waals surface area contributed by atoms with Crippen molar-refractivity contribution in [3.05, 3.63) is 35.9 Å². The van der Waals surface area contributed by atoms with Crippen LogP contribution in [0.1, 0.15) is 37.2 Å². The summed E-state index contributed by atoms with van der Waals surface area (Å²) >= 11 is 0. The van der Waals surface area contributed by atoms with E-state index in [1.165, 1.54) is 32.2 Å². The Balaban J connectivity index is 1.82. The predicted octanol–water partition coefficient (Wildman–Crippen LogP) is 2.93. The highest BCUT2D eigenvalue weighted by atomic mass is 15.0. The predicted molar refractivity (Wildman–Crippen MR) is 62.9 cm³/mol. The van der Waals surface area contributed by atoms with E-state index >= 15 is 0 Å². The van der Waals surface area contributed by atoms with Crippen molar-refractivity contribution in [1.29, 1.82) is 0 Å². The molecule has 1 aliphatic heterocycles. The molecular weight excluding hydrogens is 182 g/mol. The Kier molecular flexibility index (Phi) is 2.49. The lowest BCUT2D eigenvalue weighted by atomic mass is 9.77. The minimum atomic E-state index is 0.775. The highest BCUT2D eigenvalue weighted by Crippen LogP contribution is 2.39. The fraction of sp³-hybridized carbons (Fsp3) is 0.571. The van der Waals surface area contributed by atoms with Crippen molar-refractivity contribution in [3.63, 3.8) is 0 Å². The lowest BCUT2D eigenvalue weighted by Gasteiger charge is -2.28. The molecule has 1 aromatic carbocycles. The minimum absolute atomic E-state index is 0.775. The third kappa shape index (κ3) is 1.69. The second-order valence-corrected chi connectivity index (χ2v) is 4.98. The Morgan fingerprint density at radius 1 is 1.00 bits per heavy atom. The van der Waals surface area contributed by atoms with Crippen LogP contribution in [0.4, 0.5) is 0 Å². The molecule has 1 heterocycles. The summed E-state index contributed by atoms with van der Waals surface area (Å²) in [6.07, 6.45) is 5.69. The molecule has 3 rings (SSSR count). The standard InChI is InChI=1S/C14H19N/c1-2-6-11(7-3-1)13-10-15-14-9-5-4-8-12(13)14/h1-3,6-7,12-15H,4-5,8-10H2. The summed E-state index contributed by atoms with van der Waals surface area (Å²) in [6, 6.07) is 11.9. The maximum atomic E-state index is 3.71. The van der Waals surface area contributed by atoms with Crippen LogP contribution >= 0.6 is 0 Å². The number of hydrogen-bond donors (Lipinski definition) is 1. The second-order valence-electron chi connectivity index (χ2n) is 4.98.